The van der Waals surface area contributed by atoms with E-state index in [0.717, 1.165) is 42.0 Å². The second-order valence-corrected chi connectivity index (χ2v) is 6.91. The molecule has 0 amide bonds. The summed E-state index contributed by atoms with van der Waals surface area (Å²) in [6.07, 6.45) is 2.68. The minimum absolute atomic E-state index is 0.0178. The van der Waals surface area contributed by atoms with E-state index >= 15 is 0 Å². The summed E-state index contributed by atoms with van der Waals surface area (Å²) in [5, 5.41) is 14.5. The number of nitrogens with one attached hydrogen (secondary N) is 1. The predicted octanol–water partition coefficient (Wildman–Crippen LogP) is 4.26. The highest BCUT2D eigenvalue weighted by atomic mass is 16.6. The molecular formula is C18H21N3O3. The second kappa shape index (κ2) is 6.11. The van der Waals surface area contributed by atoms with Crippen molar-refractivity contribution >= 4 is 17.2 Å². The van der Waals surface area contributed by atoms with E-state index < -0.39 is 0 Å². The number of ether oxygens (including phenoxy) is 1. The number of hydrogen-bond donors (Lipinski definition) is 1. The third kappa shape index (κ3) is 3.32. The molecule has 0 bridgehead atoms. The summed E-state index contributed by atoms with van der Waals surface area (Å²) in [7, 11) is 1.60. The van der Waals surface area contributed by atoms with Crippen LogP contribution in [0.2, 0.25) is 0 Å². The zero-order chi connectivity index (χ0) is 17.3. The van der Waals surface area contributed by atoms with E-state index in [1.807, 2.05) is 12.1 Å². The van der Waals surface area contributed by atoms with Crippen molar-refractivity contribution in [3.05, 3.63) is 51.7 Å². The molecule has 0 spiro atoms. The van der Waals surface area contributed by atoms with Gasteiger partial charge in [-0.25, -0.2) is 4.98 Å². The summed E-state index contributed by atoms with van der Waals surface area (Å²) in [6, 6.07) is 8.90. The molecule has 1 aliphatic rings. The van der Waals surface area contributed by atoms with Crippen LogP contribution in [0.4, 0.5) is 17.2 Å². The maximum atomic E-state index is 11.4. The third-order valence-corrected chi connectivity index (χ3v) is 4.44. The number of aromatic nitrogens is 1. The largest absolute Gasteiger partial charge is 0.497 e. The molecular weight excluding hydrogens is 306 g/mol. The molecule has 2 aromatic rings. The lowest BCUT2D eigenvalue weighted by Crippen LogP contribution is -2.23. The number of aryl methyl sites for hydroxylation is 1. The maximum Gasteiger partial charge on any atom is 0.312 e. The average Bonchev–Trinajstić information content (AvgIpc) is 2.54. The number of nitrogens with zero attached hydrogens (tertiary/aromatic N) is 2. The van der Waals surface area contributed by atoms with Gasteiger partial charge in [-0.1, -0.05) is 13.8 Å². The quantitative estimate of drug-likeness (QED) is 0.670. The van der Waals surface area contributed by atoms with Gasteiger partial charge in [-0.3, -0.25) is 10.1 Å². The van der Waals surface area contributed by atoms with Gasteiger partial charge in [0, 0.05) is 17.4 Å². The van der Waals surface area contributed by atoms with Crippen LogP contribution in [0.1, 0.15) is 31.5 Å². The Bertz CT molecular complexity index is 770. The molecule has 6 nitrogen and oxygen atoms in total. The Morgan fingerprint density at radius 1 is 1.29 bits per heavy atom. The van der Waals surface area contributed by atoms with Crippen LogP contribution in [-0.4, -0.2) is 17.0 Å². The summed E-state index contributed by atoms with van der Waals surface area (Å²) < 4.78 is 5.13. The SMILES string of the molecule is COc1ccc(Nc2nc3c(cc2[N+](=O)[O-])CCC(C)(C)C3)cc1. The van der Waals surface area contributed by atoms with Crippen LogP contribution < -0.4 is 10.1 Å². The highest BCUT2D eigenvalue weighted by Crippen LogP contribution is 2.37. The van der Waals surface area contributed by atoms with Crippen molar-refractivity contribution < 1.29 is 9.66 Å². The number of nitro groups is 1. The van der Waals surface area contributed by atoms with Crippen molar-refractivity contribution in [2.45, 2.75) is 33.1 Å². The summed E-state index contributed by atoms with van der Waals surface area (Å²) in [4.78, 5) is 15.6. The molecule has 6 heteroatoms. The van der Waals surface area contributed by atoms with Crippen molar-refractivity contribution in [2.24, 2.45) is 5.41 Å². The molecule has 24 heavy (non-hydrogen) atoms. The molecule has 3 rings (SSSR count). The minimum atomic E-state index is -0.376. The van der Waals surface area contributed by atoms with Gasteiger partial charge < -0.3 is 10.1 Å². The number of anilines is 2. The summed E-state index contributed by atoms with van der Waals surface area (Å²) in [6.45, 7) is 4.41. The van der Waals surface area contributed by atoms with E-state index in [0.29, 0.717) is 5.82 Å². The number of benzene rings is 1. The fraction of sp³-hybridized carbons (Fsp3) is 0.389. The van der Waals surface area contributed by atoms with Crippen LogP contribution in [0.15, 0.2) is 30.3 Å². The molecule has 0 radical (unpaired) electrons. The molecule has 0 saturated carbocycles. The fourth-order valence-electron chi connectivity index (χ4n) is 3.01. The molecule has 1 aliphatic carbocycles. The lowest BCUT2D eigenvalue weighted by molar-refractivity contribution is -0.384. The van der Waals surface area contributed by atoms with Crippen LogP contribution >= 0.6 is 0 Å². The fourth-order valence-corrected chi connectivity index (χ4v) is 3.01. The summed E-state index contributed by atoms with van der Waals surface area (Å²) in [5.74, 6) is 1.02. The number of fused-ring (bicyclic) bond motifs is 1. The van der Waals surface area contributed by atoms with Gasteiger partial charge in [0.2, 0.25) is 5.82 Å². The van der Waals surface area contributed by atoms with Gasteiger partial charge in [-0.15, -0.1) is 0 Å². The van der Waals surface area contributed by atoms with Crippen LogP contribution in [0.5, 0.6) is 5.75 Å². The monoisotopic (exact) mass is 327 g/mol. The zero-order valence-corrected chi connectivity index (χ0v) is 14.1. The zero-order valence-electron chi connectivity index (χ0n) is 14.1. The van der Waals surface area contributed by atoms with Crippen molar-refractivity contribution in [1.82, 2.24) is 4.98 Å². The lowest BCUT2D eigenvalue weighted by Gasteiger charge is -2.30. The standard InChI is InChI=1S/C18H21N3O3/c1-18(2)9-8-12-10-16(21(22)23)17(20-15(12)11-18)19-13-4-6-14(24-3)7-5-13/h4-7,10H,8-9,11H2,1-3H3,(H,19,20). The molecule has 1 heterocycles. The van der Waals surface area contributed by atoms with Crippen LogP contribution in [-0.2, 0) is 12.8 Å². The van der Waals surface area contributed by atoms with E-state index in [-0.39, 0.29) is 16.0 Å². The summed E-state index contributed by atoms with van der Waals surface area (Å²) in [5.41, 5.74) is 2.87. The van der Waals surface area contributed by atoms with Crippen molar-refractivity contribution in [2.75, 3.05) is 12.4 Å². The van der Waals surface area contributed by atoms with Crippen LogP contribution in [0.3, 0.4) is 0 Å². The van der Waals surface area contributed by atoms with E-state index in [2.05, 4.69) is 24.1 Å². The second-order valence-electron chi connectivity index (χ2n) is 6.91. The first-order valence-corrected chi connectivity index (χ1v) is 7.96. The molecule has 1 aromatic carbocycles. The first kappa shape index (κ1) is 16.2. The highest BCUT2D eigenvalue weighted by molar-refractivity contribution is 5.67. The van der Waals surface area contributed by atoms with Gasteiger partial charge >= 0.3 is 5.69 Å². The maximum absolute atomic E-state index is 11.4. The van der Waals surface area contributed by atoms with Crippen molar-refractivity contribution in [3.8, 4) is 5.75 Å². The van der Waals surface area contributed by atoms with Crippen LogP contribution in [0.25, 0.3) is 0 Å². The highest BCUT2D eigenvalue weighted by Gasteiger charge is 2.29. The van der Waals surface area contributed by atoms with Gasteiger partial charge in [-0.2, -0.15) is 0 Å². The molecule has 0 fully saturated rings. The van der Waals surface area contributed by atoms with E-state index in [1.165, 1.54) is 0 Å². The average molecular weight is 327 g/mol. The first-order chi connectivity index (χ1) is 11.4. The Kier molecular flexibility index (Phi) is 4.13. The smallest absolute Gasteiger partial charge is 0.312 e. The topological polar surface area (TPSA) is 77.3 Å². The third-order valence-electron chi connectivity index (χ3n) is 4.44. The van der Waals surface area contributed by atoms with Gasteiger partial charge in [0.1, 0.15) is 5.75 Å². The Labute approximate surface area is 141 Å². The number of rotatable bonds is 4. The first-order valence-electron chi connectivity index (χ1n) is 7.96. The normalized spacial score (nSPS) is 15.5. The van der Waals surface area contributed by atoms with E-state index in [9.17, 15) is 10.1 Å². The van der Waals surface area contributed by atoms with Gasteiger partial charge in [0.05, 0.1) is 12.0 Å². The van der Waals surface area contributed by atoms with Gasteiger partial charge in [-0.05, 0) is 54.5 Å². The molecule has 0 atom stereocenters. The summed E-state index contributed by atoms with van der Waals surface area (Å²) >= 11 is 0. The molecule has 1 N–H and O–H groups in total. The molecule has 0 aliphatic heterocycles. The number of pyridine rings is 1. The van der Waals surface area contributed by atoms with E-state index in [1.54, 1.807) is 25.3 Å². The number of methoxy groups -OCH3 is 1. The lowest BCUT2D eigenvalue weighted by atomic mass is 9.76. The minimum Gasteiger partial charge on any atom is -0.497 e. The Hall–Kier alpha value is -2.63. The van der Waals surface area contributed by atoms with Gasteiger partial charge in [0.25, 0.3) is 0 Å². The Balaban J connectivity index is 1.97. The Morgan fingerprint density at radius 2 is 2.00 bits per heavy atom. The molecule has 0 saturated heterocycles. The number of hydrogen-bond acceptors (Lipinski definition) is 5. The molecule has 0 unspecified atom stereocenters. The van der Waals surface area contributed by atoms with Crippen LogP contribution in [0, 0.1) is 15.5 Å². The Morgan fingerprint density at radius 3 is 2.62 bits per heavy atom. The molecule has 126 valence electrons. The molecule has 1 aromatic heterocycles. The van der Waals surface area contributed by atoms with Crippen molar-refractivity contribution in [1.29, 1.82) is 0 Å². The van der Waals surface area contributed by atoms with Crippen molar-refractivity contribution in [3.63, 3.8) is 0 Å². The van der Waals surface area contributed by atoms with Gasteiger partial charge in [0.15, 0.2) is 0 Å². The van der Waals surface area contributed by atoms with E-state index in [4.69, 9.17) is 4.74 Å². The predicted molar refractivity (Wildman–Crippen MR) is 93.0 cm³/mol.